The topological polar surface area (TPSA) is 101 Å². The van der Waals surface area contributed by atoms with Crippen LogP contribution in [-0.2, 0) is 16.6 Å². The molecule has 10 heteroatoms. The molecule has 3 aromatic carbocycles. The van der Waals surface area contributed by atoms with Crippen molar-refractivity contribution >= 4 is 21.4 Å². The number of benzene rings is 3. The molecular formula is C32H31N5O4S. The van der Waals surface area contributed by atoms with Gasteiger partial charge in [0.1, 0.15) is 5.65 Å². The number of hydrogen-bond donors (Lipinski definition) is 0. The first-order chi connectivity index (χ1) is 20.2. The van der Waals surface area contributed by atoms with Crippen LogP contribution >= 0.6 is 0 Å². The fourth-order valence-electron chi connectivity index (χ4n) is 5.51. The molecule has 5 aromatic rings. The summed E-state index contributed by atoms with van der Waals surface area (Å²) in [6.07, 6.45) is 2.15. The second-order valence-corrected chi connectivity index (χ2v) is 12.6. The number of sulfonamides is 1. The van der Waals surface area contributed by atoms with Gasteiger partial charge in [-0.05, 0) is 54.8 Å². The molecule has 0 atom stereocenters. The van der Waals surface area contributed by atoms with Crippen LogP contribution in [0.15, 0.2) is 96.0 Å². The van der Waals surface area contributed by atoms with Crippen LogP contribution in [0.1, 0.15) is 16.8 Å². The van der Waals surface area contributed by atoms with E-state index in [-0.39, 0.29) is 10.6 Å². The van der Waals surface area contributed by atoms with Gasteiger partial charge < -0.3 is 4.40 Å². The van der Waals surface area contributed by atoms with Crippen LogP contribution in [0.4, 0.5) is 5.69 Å². The normalized spacial score (nSPS) is 14.8. The summed E-state index contributed by atoms with van der Waals surface area (Å²) in [5.41, 5.74) is 8.42. The first-order valence-corrected chi connectivity index (χ1v) is 15.3. The van der Waals surface area contributed by atoms with Crippen LogP contribution in [0.25, 0.3) is 28.0 Å². The fourth-order valence-corrected chi connectivity index (χ4v) is 6.93. The number of aromatic nitrogens is 2. The van der Waals surface area contributed by atoms with Gasteiger partial charge in [-0.15, -0.1) is 0 Å². The van der Waals surface area contributed by atoms with E-state index in [1.54, 1.807) is 0 Å². The van der Waals surface area contributed by atoms with E-state index in [2.05, 4.69) is 71.8 Å². The number of rotatable bonds is 7. The van der Waals surface area contributed by atoms with E-state index in [1.807, 2.05) is 18.2 Å². The number of hydrogen-bond acceptors (Lipinski definition) is 6. The average molecular weight is 582 g/mol. The summed E-state index contributed by atoms with van der Waals surface area (Å²) >= 11 is 0. The molecule has 0 radical (unpaired) electrons. The lowest BCUT2D eigenvalue weighted by Gasteiger charge is -2.34. The van der Waals surface area contributed by atoms with Crippen molar-refractivity contribution in [1.82, 2.24) is 18.6 Å². The third kappa shape index (κ3) is 5.32. The Bertz CT molecular complexity index is 1880. The predicted molar refractivity (Wildman–Crippen MR) is 163 cm³/mol. The van der Waals surface area contributed by atoms with E-state index in [4.69, 9.17) is 4.98 Å². The van der Waals surface area contributed by atoms with Crippen LogP contribution in [0.5, 0.6) is 0 Å². The Balaban J connectivity index is 1.29. The van der Waals surface area contributed by atoms with E-state index >= 15 is 0 Å². The Morgan fingerprint density at radius 3 is 2.26 bits per heavy atom. The number of nitrogens with zero attached hydrogens (tertiary/aromatic N) is 5. The zero-order valence-corrected chi connectivity index (χ0v) is 24.3. The number of pyridine rings is 1. The smallest absolute Gasteiger partial charge is 0.269 e. The zero-order valence-electron chi connectivity index (χ0n) is 23.5. The number of non-ortho nitro benzene ring substituents is 1. The van der Waals surface area contributed by atoms with E-state index in [1.165, 1.54) is 45.3 Å². The van der Waals surface area contributed by atoms with Crippen molar-refractivity contribution in [2.45, 2.75) is 25.3 Å². The first-order valence-electron chi connectivity index (χ1n) is 13.8. The number of aryl methyl sites for hydroxylation is 2. The molecule has 2 aromatic heterocycles. The van der Waals surface area contributed by atoms with Gasteiger partial charge in [-0.2, -0.15) is 4.31 Å². The third-order valence-corrected chi connectivity index (χ3v) is 9.77. The van der Waals surface area contributed by atoms with Crippen molar-refractivity contribution in [2.75, 3.05) is 26.2 Å². The number of nitro benzene ring substituents is 1. The lowest BCUT2D eigenvalue weighted by Crippen LogP contribution is -2.48. The molecule has 42 heavy (non-hydrogen) atoms. The summed E-state index contributed by atoms with van der Waals surface area (Å²) in [6.45, 7) is 6.56. The molecule has 0 unspecified atom stereocenters. The molecule has 9 nitrogen and oxygen atoms in total. The van der Waals surface area contributed by atoms with Gasteiger partial charge in [0, 0.05) is 56.6 Å². The van der Waals surface area contributed by atoms with Gasteiger partial charge in [0.2, 0.25) is 10.0 Å². The summed E-state index contributed by atoms with van der Waals surface area (Å²) in [7, 11) is -3.75. The number of imidazole rings is 1. The molecule has 0 bridgehead atoms. The quantitative estimate of drug-likeness (QED) is 0.181. The largest absolute Gasteiger partial charge is 0.301 e. The highest BCUT2D eigenvalue weighted by atomic mass is 32.2. The van der Waals surface area contributed by atoms with E-state index in [0.717, 1.165) is 28.2 Å². The first kappa shape index (κ1) is 27.8. The summed E-state index contributed by atoms with van der Waals surface area (Å²) in [4.78, 5) is 17.8. The van der Waals surface area contributed by atoms with Crippen molar-refractivity contribution in [3.05, 3.63) is 118 Å². The van der Waals surface area contributed by atoms with Crippen LogP contribution in [0, 0.1) is 24.0 Å². The number of fused-ring (bicyclic) bond motifs is 1. The summed E-state index contributed by atoms with van der Waals surface area (Å²) < 4.78 is 30.1. The molecule has 1 aliphatic heterocycles. The molecule has 1 saturated heterocycles. The lowest BCUT2D eigenvalue weighted by molar-refractivity contribution is -0.384. The Morgan fingerprint density at radius 1 is 0.857 bits per heavy atom. The molecule has 0 saturated carbocycles. The molecule has 0 spiro atoms. The molecular weight excluding hydrogens is 550 g/mol. The molecule has 1 fully saturated rings. The van der Waals surface area contributed by atoms with Crippen LogP contribution in [0.3, 0.4) is 0 Å². The minimum absolute atomic E-state index is 0.0636. The van der Waals surface area contributed by atoms with Crippen molar-refractivity contribution in [2.24, 2.45) is 0 Å². The van der Waals surface area contributed by atoms with Gasteiger partial charge in [-0.25, -0.2) is 13.4 Å². The minimum atomic E-state index is -3.75. The van der Waals surface area contributed by atoms with Crippen LogP contribution in [0.2, 0.25) is 0 Å². The standard InChI is InChI=1S/C32H31N5O4S/c1-23-8-9-24(2)29(20-23)26-10-15-31-33-32(25-6-4-3-5-7-25)30(36(31)21-26)22-34-16-18-35(19-17-34)42(40,41)28-13-11-27(12-14-28)37(38)39/h3-15,20-21H,16-19,22H2,1-2H3. The summed E-state index contributed by atoms with van der Waals surface area (Å²) in [6, 6.07) is 25.8. The average Bonchev–Trinajstić information content (AvgIpc) is 3.36. The maximum Gasteiger partial charge on any atom is 0.269 e. The molecule has 1 aliphatic rings. The predicted octanol–water partition coefficient (Wildman–Crippen LogP) is 5.70. The highest BCUT2D eigenvalue weighted by Crippen LogP contribution is 2.30. The molecule has 0 amide bonds. The monoisotopic (exact) mass is 581 g/mol. The molecule has 0 aliphatic carbocycles. The molecule has 3 heterocycles. The zero-order chi connectivity index (χ0) is 29.4. The molecule has 214 valence electrons. The van der Waals surface area contributed by atoms with Gasteiger partial charge in [-0.3, -0.25) is 15.0 Å². The summed E-state index contributed by atoms with van der Waals surface area (Å²) in [5, 5.41) is 11.0. The SMILES string of the molecule is Cc1ccc(C)c(-c2ccc3nc(-c4ccccc4)c(CN4CCN(S(=O)(=O)c5ccc([N+](=O)[O-])cc5)CC4)n3c2)c1. The van der Waals surface area contributed by atoms with E-state index in [0.29, 0.717) is 32.7 Å². The Labute approximate surface area is 244 Å². The van der Waals surface area contributed by atoms with Crippen molar-refractivity contribution in [3.8, 4) is 22.4 Å². The van der Waals surface area contributed by atoms with Crippen LogP contribution < -0.4 is 0 Å². The third-order valence-electron chi connectivity index (χ3n) is 7.86. The molecule has 0 N–H and O–H groups in total. The fraction of sp³-hybridized carbons (Fsp3) is 0.219. The second-order valence-electron chi connectivity index (χ2n) is 10.7. The minimum Gasteiger partial charge on any atom is -0.301 e. The van der Waals surface area contributed by atoms with Crippen molar-refractivity contribution in [3.63, 3.8) is 0 Å². The van der Waals surface area contributed by atoms with Crippen LogP contribution in [-0.4, -0.2) is 58.1 Å². The van der Waals surface area contributed by atoms with Gasteiger partial charge in [-0.1, -0.05) is 54.1 Å². The highest BCUT2D eigenvalue weighted by Gasteiger charge is 2.30. The Hall–Kier alpha value is -4.38. The van der Waals surface area contributed by atoms with Gasteiger partial charge >= 0.3 is 0 Å². The van der Waals surface area contributed by atoms with Crippen molar-refractivity contribution < 1.29 is 13.3 Å². The van der Waals surface area contributed by atoms with Gasteiger partial charge in [0.25, 0.3) is 5.69 Å². The van der Waals surface area contributed by atoms with Gasteiger partial charge in [0.15, 0.2) is 0 Å². The maximum atomic E-state index is 13.3. The Kier molecular flexibility index (Phi) is 7.36. The molecule has 6 rings (SSSR count). The second kappa shape index (κ2) is 11.1. The van der Waals surface area contributed by atoms with Crippen molar-refractivity contribution in [1.29, 1.82) is 0 Å². The summed E-state index contributed by atoms with van der Waals surface area (Å²) in [5.74, 6) is 0. The lowest BCUT2D eigenvalue weighted by atomic mass is 10.00. The highest BCUT2D eigenvalue weighted by molar-refractivity contribution is 7.89. The maximum absolute atomic E-state index is 13.3. The van der Waals surface area contributed by atoms with Gasteiger partial charge in [0.05, 0.1) is 21.2 Å². The number of nitro groups is 1. The Morgan fingerprint density at radius 2 is 1.57 bits per heavy atom. The van der Waals surface area contributed by atoms with E-state index in [9.17, 15) is 18.5 Å². The number of piperazine rings is 1. The van der Waals surface area contributed by atoms with E-state index < -0.39 is 14.9 Å².